The smallest absolute Gasteiger partial charge is 0.338 e. The molecule has 0 aliphatic rings. The van der Waals surface area contributed by atoms with Crippen LogP contribution < -0.4 is 28.4 Å². The van der Waals surface area contributed by atoms with Crippen molar-refractivity contribution in [2.45, 2.75) is 594 Å². The van der Waals surface area contributed by atoms with Crippen molar-refractivity contribution in [2.24, 2.45) is 0 Å². The number of hydrogen-bond acceptors (Lipinski definition) is 12. The third-order valence-electron chi connectivity index (χ3n) is 27.7. The van der Waals surface area contributed by atoms with E-state index >= 15 is 0 Å². The van der Waals surface area contributed by atoms with E-state index in [0.717, 1.165) is 88.2 Å². The molecule has 2 heterocycles. The first kappa shape index (κ1) is 121. The predicted octanol–water partition coefficient (Wildman–Crippen LogP) is 40.0. The van der Waals surface area contributed by atoms with Crippen LogP contribution in [0, 0.1) is 0 Å². The van der Waals surface area contributed by atoms with Crippen LogP contribution >= 0.6 is 0 Å². The van der Waals surface area contributed by atoms with E-state index in [2.05, 4.69) is 41.5 Å². The van der Waals surface area contributed by atoms with Crippen LogP contribution in [-0.4, -0.2) is 61.5 Å². The van der Waals surface area contributed by atoms with Crippen molar-refractivity contribution in [1.82, 2.24) is 9.97 Å². The molecule has 0 bridgehead atoms. The topological polar surface area (TPSA) is 134 Å². The Morgan fingerprint density at radius 1 is 0.194 bits per heavy atom. The van der Waals surface area contributed by atoms with Crippen LogP contribution in [0.2, 0.25) is 0 Å². The van der Waals surface area contributed by atoms with Crippen molar-refractivity contribution in [3.05, 3.63) is 83.2 Å². The monoisotopic (exact) mass is 1870 g/mol. The first-order valence-electron chi connectivity index (χ1n) is 58.7. The van der Waals surface area contributed by atoms with E-state index in [4.69, 9.17) is 47.9 Å². The SMILES string of the molecule is CCCCCCCCCCCCCCCCOc1cc(C(=O)OCc2ccc(-c3ccc(COC(=O)c4cc(OCCCCCCCCCCCCCCCC)c(OCCCCCCCCCCCCCCCC)c(OCCCCCCCCCCCCCCCC)c4)cn3)nc2)cc(OCCCCCCCCCCCCCCCC)c1OCCCCCCCCCCCCCCCC. The standard InChI is InChI=1S/C122H212N2O10/c1-7-13-19-25-31-37-43-49-55-61-67-73-79-85-95-127-115-101-111(102-116(128-96-86-80-74-68-62-56-50-44-38-32-26-20-14-8-2)119(115)131-99-89-83-77-71-65-59-53-47-41-35-29-23-17-11-5)121(125)133-107-109-91-93-113(123-105-109)114-94-92-110(106-124-114)108-134-122(126)112-103-117(129-97-87-81-75-69-63-57-51-45-39-33-27-21-15-9-3)120(132-100-90-84-78-72-66-60-54-48-42-36-30-24-18-12-6)118(104-112)130-98-88-82-76-70-64-58-52-46-40-34-28-22-16-10-4/h91-94,101-106H,7-90,95-100,107-108H2,1-6H3. The largest absolute Gasteiger partial charge is 0.490 e. The number of esters is 2. The van der Waals surface area contributed by atoms with Crippen LogP contribution in [0.1, 0.15) is 613 Å². The lowest BCUT2D eigenvalue weighted by Gasteiger charge is -2.19. The predicted molar refractivity (Wildman–Crippen MR) is 573 cm³/mol. The molecule has 0 radical (unpaired) electrons. The van der Waals surface area contributed by atoms with Gasteiger partial charge in [0.2, 0.25) is 11.5 Å². The lowest BCUT2D eigenvalue weighted by molar-refractivity contribution is 0.0462. The molecule has 0 N–H and O–H groups in total. The number of ether oxygens (including phenoxy) is 8. The van der Waals surface area contributed by atoms with E-state index in [9.17, 15) is 9.59 Å². The first-order valence-corrected chi connectivity index (χ1v) is 58.7. The summed E-state index contributed by atoms with van der Waals surface area (Å²) in [4.78, 5) is 38.5. The van der Waals surface area contributed by atoms with E-state index in [1.165, 1.54) is 462 Å². The van der Waals surface area contributed by atoms with Crippen molar-refractivity contribution in [3.8, 4) is 45.9 Å². The highest BCUT2D eigenvalue weighted by Crippen LogP contribution is 2.42. The molecule has 0 saturated carbocycles. The Morgan fingerprint density at radius 3 is 0.493 bits per heavy atom. The number of pyridine rings is 2. The van der Waals surface area contributed by atoms with Crippen LogP contribution in [0.15, 0.2) is 60.9 Å². The number of unbranched alkanes of at least 4 members (excludes halogenated alkanes) is 78. The van der Waals surface area contributed by atoms with E-state index in [-0.39, 0.29) is 13.2 Å². The zero-order chi connectivity index (χ0) is 95.3. The average molecular weight is 1870 g/mol. The molecular formula is C122H212N2O10. The fraction of sp³-hybridized carbons (Fsp3) is 0.803. The molecular weight excluding hydrogens is 1650 g/mol. The number of aromatic nitrogens is 2. The molecule has 2 aromatic heterocycles. The highest BCUT2D eigenvalue weighted by molar-refractivity contribution is 5.92. The first-order chi connectivity index (χ1) is 66.3. The summed E-state index contributed by atoms with van der Waals surface area (Å²) < 4.78 is 52.6. The number of carbonyl (C=O) groups is 2. The number of benzene rings is 2. The highest BCUT2D eigenvalue weighted by atomic mass is 16.6. The Morgan fingerprint density at radius 2 is 0.343 bits per heavy atom. The molecule has 12 nitrogen and oxygen atoms in total. The second-order valence-electron chi connectivity index (χ2n) is 40.5. The van der Waals surface area contributed by atoms with Gasteiger partial charge in [0.05, 0.1) is 62.2 Å². The lowest BCUT2D eigenvalue weighted by atomic mass is 10.0. The average Bonchev–Trinajstić information content (AvgIpc) is 0.816. The van der Waals surface area contributed by atoms with Crippen molar-refractivity contribution in [3.63, 3.8) is 0 Å². The van der Waals surface area contributed by atoms with Gasteiger partial charge in [0.1, 0.15) is 13.2 Å². The van der Waals surface area contributed by atoms with Crippen LogP contribution in [0.3, 0.4) is 0 Å². The Labute approximate surface area is 827 Å². The van der Waals surface area contributed by atoms with Gasteiger partial charge in [-0.15, -0.1) is 0 Å². The lowest BCUT2D eigenvalue weighted by Crippen LogP contribution is -2.10. The molecule has 0 fully saturated rings. The van der Waals surface area contributed by atoms with Gasteiger partial charge < -0.3 is 37.9 Å². The van der Waals surface area contributed by atoms with Gasteiger partial charge in [0.25, 0.3) is 0 Å². The minimum Gasteiger partial charge on any atom is -0.490 e. The maximum atomic E-state index is 14.4. The van der Waals surface area contributed by atoms with Crippen molar-refractivity contribution < 1.29 is 47.5 Å². The van der Waals surface area contributed by atoms with Crippen LogP contribution in [-0.2, 0) is 22.7 Å². The summed E-state index contributed by atoms with van der Waals surface area (Å²) in [5.74, 6) is 2.47. The van der Waals surface area contributed by atoms with Gasteiger partial charge in [0, 0.05) is 23.5 Å². The molecule has 0 atom stereocenters. The highest BCUT2D eigenvalue weighted by Gasteiger charge is 2.24. The number of carbonyl (C=O) groups excluding carboxylic acids is 2. The van der Waals surface area contributed by atoms with Gasteiger partial charge in [-0.2, -0.15) is 0 Å². The van der Waals surface area contributed by atoms with E-state index in [1.807, 2.05) is 48.5 Å². The normalized spacial score (nSPS) is 11.5. The van der Waals surface area contributed by atoms with E-state index in [0.29, 0.717) is 96.7 Å². The van der Waals surface area contributed by atoms with Gasteiger partial charge in [-0.25, -0.2) is 9.59 Å². The number of hydrogen-bond donors (Lipinski definition) is 0. The van der Waals surface area contributed by atoms with Crippen molar-refractivity contribution >= 4 is 11.9 Å². The Hall–Kier alpha value is -5.52. The van der Waals surface area contributed by atoms with E-state index < -0.39 is 11.9 Å². The Bertz CT molecular complexity index is 2890. The second-order valence-corrected chi connectivity index (χ2v) is 40.5. The fourth-order valence-corrected chi connectivity index (χ4v) is 18.7. The fourth-order valence-electron chi connectivity index (χ4n) is 18.7. The summed E-state index contributed by atoms with van der Waals surface area (Å²) in [5.41, 5.74) is 3.59. The minimum absolute atomic E-state index is 0.0290. The molecule has 4 rings (SSSR count). The molecule has 134 heavy (non-hydrogen) atoms. The van der Waals surface area contributed by atoms with Gasteiger partial charge in [-0.1, -0.05) is 554 Å². The van der Waals surface area contributed by atoms with Gasteiger partial charge in [0.15, 0.2) is 23.0 Å². The molecule has 770 valence electrons. The summed E-state index contributed by atoms with van der Waals surface area (Å²) in [5, 5.41) is 0. The van der Waals surface area contributed by atoms with Crippen molar-refractivity contribution in [1.29, 1.82) is 0 Å². The zero-order valence-electron chi connectivity index (χ0n) is 88.8. The molecule has 12 heteroatoms. The number of nitrogens with zero attached hydrogens (tertiary/aromatic N) is 2. The van der Waals surface area contributed by atoms with Crippen molar-refractivity contribution in [2.75, 3.05) is 39.6 Å². The Balaban J connectivity index is 1.47. The molecule has 4 aromatic rings. The molecule has 0 amide bonds. The molecule has 2 aromatic carbocycles. The minimum atomic E-state index is -0.460. The quantitative estimate of drug-likeness (QED) is 0.0308. The summed E-state index contributed by atoms with van der Waals surface area (Å²) in [6, 6.07) is 15.0. The Kier molecular flexibility index (Phi) is 83.4. The third-order valence-corrected chi connectivity index (χ3v) is 27.7. The molecule has 0 aliphatic carbocycles. The summed E-state index contributed by atoms with van der Waals surface area (Å²) in [6.45, 7) is 17.1. The molecule has 0 saturated heterocycles. The molecule has 0 spiro atoms. The molecule has 0 aliphatic heterocycles. The van der Waals surface area contributed by atoms with Crippen LogP contribution in [0.25, 0.3) is 11.4 Å². The van der Waals surface area contributed by atoms with Gasteiger partial charge in [-0.3, -0.25) is 9.97 Å². The summed E-state index contributed by atoms with van der Waals surface area (Å²) >= 11 is 0. The number of rotatable bonds is 103. The van der Waals surface area contributed by atoms with Gasteiger partial charge >= 0.3 is 11.9 Å². The second kappa shape index (κ2) is 92.5. The van der Waals surface area contributed by atoms with Crippen LogP contribution in [0.5, 0.6) is 34.5 Å². The third kappa shape index (κ3) is 68.5. The van der Waals surface area contributed by atoms with Gasteiger partial charge in [-0.05, 0) is 74.9 Å². The zero-order valence-corrected chi connectivity index (χ0v) is 88.8. The maximum absolute atomic E-state index is 14.4. The van der Waals surface area contributed by atoms with E-state index in [1.54, 1.807) is 12.4 Å². The molecule has 0 unspecified atom stereocenters. The van der Waals surface area contributed by atoms with Crippen LogP contribution in [0.4, 0.5) is 0 Å². The summed E-state index contributed by atoms with van der Waals surface area (Å²) in [6.07, 6.45) is 112. The summed E-state index contributed by atoms with van der Waals surface area (Å²) in [7, 11) is 0. The maximum Gasteiger partial charge on any atom is 0.338 e.